The molecule has 1 aromatic carbocycles. The molecule has 17 heavy (non-hydrogen) atoms. The first-order valence-electron chi connectivity index (χ1n) is 6.75. The van der Waals surface area contributed by atoms with E-state index in [2.05, 4.69) is 59.1 Å². The van der Waals surface area contributed by atoms with Crippen LogP contribution in [-0.2, 0) is 6.42 Å². The molecule has 0 radical (unpaired) electrons. The van der Waals surface area contributed by atoms with E-state index in [4.69, 9.17) is 0 Å². The molecule has 2 unspecified atom stereocenters. The normalized spacial score (nSPS) is 24.8. The molecule has 1 aliphatic rings. The number of hydrogen-bond acceptors (Lipinski definition) is 1. The number of benzene rings is 1. The monoisotopic (exact) mass is 343 g/mol. The smallest absolute Gasteiger partial charge is 0.0130 e. The Hall–Kier alpha value is -0.0900. The maximum absolute atomic E-state index is 3.66. The van der Waals surface area contributed by atoms with Crippen molar-refractivity contribution in [1.82, 2.24) is 5.32 Å². The van der Waals surface area contributed by atoms with Gasteiger partial charge in [-0.1, -0.05) is 25.5 Å². The summed E-state index contributed by atoms with van der Waals surface area (Å²) in [5, 5.41) is 3.66. The first-order chi connectivity index (χ1) is 8.28. The molecule has 1 nitrogen and oxygen atoms in total. The summed E-state index contributed by atoms with van der Waals surface area (Å²) in [5.74, 6) is 0.956. The molecule has 2 rings (SSSR count). The molecule has 2 atom stereocenters. The second-order valence-electron chi connectivity index (χ2n) is 5.11. The van der Waals surface area contributed by atoms with Gasteiger partial charge in [0.05, 0.1) is 0 Å². The number of nitrogens with one attached hydrogen (secondary N) is 1. The summed E-state index contributed by atoms with van der Waals surface area (Å²) in [5.41, 5.74) is 1.48. The van der Waals surface area contributed by atoms with E-state index in [0.717, 1.165) is 12.0 Å². The van der Waals surface area contributed by atoms with Crippen LogP contribution in [0, 0.1) is 9.49 Å². The molecule has 0 saturated carbocycles. The van der Waals surface area contributed by atoms with Gasteiger partial charge in [-0.25, -0.2) is 0 Å². The van der Waals surface area contributed by atoms with Crippen LogP contribution in [0.15, 0.2) is 24.3 Å². The molecule has 2 heteroatoms. The van der Waals surface area contributed by atoms with E-state index < -0.39 is 0 Å². The third-order valence-corrected chi connectivity index (χ3v) is 4.59. The van der Waals surface area contributed by atoms with Crippen LogP contribution in [0.25, 0.3) is 0 Å². The molecular formula is C15H22IN. The van der Waals surface area contributed by atoms with Gasteiger partial charge >= 0.3 is 0 Å². The Kier molecular flexibility index (Phi) is 5.29. The van der Waals surface area contributed by atoms with Crippen molar-refractivity contribution in [1.29, 1.82) is 0 Å². The Morgan fingerprint density at radius 1 is 1.29 bits per heavy atom. The molecule has 1 saturated heterocycles. The quantitative estimate of drug-likeness (QED) is 0.815. The van der Waals surface area contributed by atoms with Gasteiger partial charge in [0.1, 0.15) is 0 Å². The second kappa shape index (κ2) is 6.74. The predicted molar refractivity (Wildman–Crippen MR) is 82.3 cm³/mol. The van der Waals surface area contributed by atoms with Crippen LogP contribution in [0.1, 0.15) is 38.2 Å². The van der Waals surface area contributed by atoms with Crippen molar-refractivity contribution in [2.45, 2.75) is 45.1 Å². The number of halogens is 1. The van der Waals surface area contributed by atoms with Gasteiger partial charge in [0.2, 0.25) is 0 Å². The van der Waals surface area contributed by atoms with Gasteiger partial charge in [-0.05, 0) is 78.4 Å². The zero-order valence-corrected chi connectivity index (χ0v) is 12.7. The molecule has 1 aromatic rings. The standard InChI is InChI=1S/C15H22IN/c1-2-12-9-10-17-15(11-12)8-5-13-3-6-14(16)7-4-13/h3-4,6-7,12,15,17H,2,5,8-11H2,1H3. The van der Waals surface area contributed by atoms with Crippen LogP contribution in [-0.4, -0.2) is 12.6 Å². The highest BCUT2D eigenvalue weighted by atomic mass is 127. The van der Waals surface area contributed by atoms with Crippen LogP contribution in [0.5, 0.6) is 0 Å². The third-order valence-electron chi connectivity index (χ3n) is 3.88. The Labute approximate surface area is 119 Å². The van der Waals surface area contributed by atoms with E-state index in [1.165, 1.54) is 47.8 Å². The molecule has 0 aromatic heterocycles. The minimum atomic E-state index is 0.743. The van der Waals surface area contributed by atoms with Crippen molar-refractivity contribution in [3.8, 4) is 0 Å². The SMILES string of the molecule is CCC1CCNC(CCc2ccc(I)cc2)C1. The summed E-state index contributed by atoms with van der Waals surface area (Å²) in [7, 11) is 0. The van der Waals surface area contributed by atoms with Gasteiger partial charge in [0, 0.05) is 9.61 Å². The minimum absolute atomic E-state index is 0.743. The number of aryl methyl sites for hydroxylation is 1. The largest absolute Gasteiger partial charge is 0.314 e. The minimum Gasteiger partial charge on any atom is -0.314 e. The molecule has 0 aliphatic carbocycles. The van der Waals surface area contributed by atoms with E-state index in [0.29, 0.717) is 0 Å². The first-order valence-corrected chi connectivity index (χ1v) is 7.83. The van der Waals surface area contributed by atoms with Gasteiger partial charge in [-0.15, -0.1) is 0 Å². The Morgan fingerprint density at radius 2 is 2.06 bits per heavy atom. The van der Waals surface area contributed by atoms with Crippen molar-refractivity contribution in [2.75, 3.05) is 6.54 Å². The number of piperidine rings is 1. The topological polar surface area (TPSA) is 12.0 Å². The van der Waals surface area contributed by atoms with Crippen LogP contribution in [0.3, 0.4) is 0 Å². The van der Waals surface area contributed by atoms with Gasteiger partial charge in [0.15, 0.2) is 0 Å². The highest BCUT2D eigenvalue weighted by molar-refractivity contribution is 14.1. The van der Waals surface area contributed by atoms with E-state index in [9.17, 15) is 0 Å². The lowest BCUT2D eigenvalue weighted by molar-refractivity contribution is 0.285. The van der Waals surface area contributed by atoms with Crippen LogP contribution in [0.2, 0.25) is 0 Å². The second-order valence-corrected chi connectivity index (χ2v) is 6.36. The summed E-state index contributed by atoms with van der Waals surface area (Å²) in [6.07, 6.45) is 6.60. The van der Waals surface area contributed by atoms with E-state index >= 15 is 0 Å². The van der Waals surface area contributed by atoms with Crippen molar-refractivity contribution in [2.24, 2.45) is 5.92 Å². The zero-order chi connectivity index (χ0) is 12.1. The van der Waals surface area contributed by atoms with E-state index in [1.807, 2.05) is 0 Å². The molecule has 94 valence electrons. The maximum atomic E-state index is 3.66. The summed E-state index contributed by atoms with van der Waals surface area (Å²) in [6, 6.07) is 9.69. The lowest BCUT2D eigenvalue weighted by atomic mass is 9.88. The van der Waals surface area contributed by atoms with Crippen molar-refractivity contribution in [3.63, 3.8) is 0 Å². The van der Waals surface area contributed by atoms with Crippen molar-refractivity contribution < 1.29 is 0 Å². The average Bonchev–Trinajstić information content (AvgIpc) is 2.38. The molecular weight excluding hydrogens is 321 g/mol. The predicted octanol–water partition coefficient (Wildman–Crippen LogP) is 4.00. The van der Waals surface area contributed by atoms with E-state index in [-0.39, 0.29) is 0 Å². The Morgan fingerprint density at radius 3 is 2.76 bits per heavy atom. The fraction of sp³-hybridized carbons (Fsp3) is 0.600. The van der Waals surface area contributed by atoms with E-state index in [1.54, 1.807) is 0 Å². The van der Waals surface area contributed by atoms with Crippen LogP contribution < -0.4 is 5.32 Å². The third kappa shape index (κ3) is 4.25. The lowest BCUT2D eigenvalue weighted by Gasteiger charge is -2.29. The summed E-state index contributed by atoms with van der Waals surface area (Å²) in [4.78, 5) is 0. The zero-order valence-electron chi connectivity index (χ0n) is 10.6. The van der Waals surface area contributed by atoms with Gasteiger partial charge in [-0.3, -0.25) is 0 Å². The van der Waals surface area contributed by atoms with Crippen LogP contribution >= 0.6 is 22.6 Å². The Balaban J connectivity index is 1.79. The lowest BCUT2D eigenvalue weighted by Crippen LogP contribution is -2.38. The molecule has 0 bridgehead atoms. The number of hydrogen-bond donors (Lipinski definition) is 1. The highest BCUT2D eigenvalue weighted by Gasteiger charge is 2.19. The van der Waals surface area contributed by atoms with Gasteiger partial charge in [0.25, 0.3) is 0 Å². The van der Waals surface area contributed by atoms with Gasteiger partial charge in [-0.2, -0.15) is 0 Å². The van der Waals surface area contributed by atoms with Crippen LogP contribution in [0.4, 0.5) is 0 Å². The molecule has 1 aliphatic heterocycles. The summed E-state index contributed by atoms with van der Waals surface area (Å²) in [6.45, 7) is 3.54. The molecule has 1 N–H and O–H groups in total. The van der Waals surface area contributed by atoms with Crippen molar-refractivity contribution in [3.05, 3.63) is 33.4 Å². The van der Waals surface area contributed by atoms with Gasteiger partial charge < -0.3 is 5.32 Å². The molecule has 1 fully saturated rings. The molecule has 0 amide bonds. The fourth-order valence-corrected chi connectivity index (χ4v) is 3.04. The fourth-order valence-electron chi connectivity index (χ4n) is 2.68. The molecule has 0 spiro atoms. The number of rotatable bonds is 4. The first kappa shape index (κ1) is 13.3. The molecule has 1 heterocycles. The summed E-state index contributed by atoms with van der Waals surface area (Å²) >= 11 is 2.36. The highest BCUT2D eigenvalue weighted by Crippen LogP contribution is 2.22. The summed E-state index contributed by atoms with van der Waals surface area (Å²) < 4.78 is 1.33. The van der Waals surface area contributed by atoms with Crippen molar-refractivity contribution >= 4 is 22.6 Å². The average molecular weight is 343 g/mol. The Bertz CT molecular complexity index is 333. The maximum Gasteiger partial charge on any atom is 0.0130 e.